The summed E-state index contributed by atoms with van der Waals surface area (Å²) in [6.07, 6.45) is 26.7. The van der Waals surface area contributed by atoms with Gasteiger partial charge in [-0.2, -0.15) is 0 Å². The number of rotatable bonds is 27. The molecule has 0 aromatic carbocycles. The summed E-state index contributed by atoms with van der Waals surface area (Å²) in [4.78, 5) is 0. The fourth-order valence-electron chi connectivity index (χ4n) is 4.23. The predicted molar refractivity (Wildman–Crippen MR) is 142 cm³/mol. The quantitative estimate of drug-likeness (QED) is 0.116. The van der Waals surface area contributed by atoms with E-state index in [1.165, 1.54) is 155 Å². The second-order valence-corrected chi connectivity index (χ2v) is 10.2. The van der Waals surface area contributed by atoms with Gasteiger partial charge in [0.2, 0.25) is 0 Å². The number of hydrogen-bond donors (Lipinski definition) is 3. The molecule has 0 unspecified atom stereocenters. The molecule has 0 aliphatic rings. The van der Waals surface area contributed by atoms with Crippen molar-refractivity contribution in [2.45, 2.75) is 136 Å². The molecule has 0 bridgehead atoms. The first-order chi connectivity index (χ1) is 15.3. The summed E-state index contributed by atoms with van der Waals surface area (Å²) in [6, 6.07) is 0. The van der Waals surface area contributed by atoms with Crippen LogP contribution in [0.1, 0.15) is 136 Å². The third-order valence-corrected chi connectivity index (χ3v) is 6.37. The first-order valence-electron chi connectivity index (χ1n) is 14.3. The van der Waals surface area contributed by atoms with Gasteiger partial charge in [0.25, 0.3) is 0 Å². The van der Waals surface area contributed by atoms with Crippen molar-refractivity contribution in [3.8, 4) is 0 Å². The molecule has 0 radical (unpaired) electrons. The maximum atomic E-state index is 3.64. The lowest BCUT2D eigenvalue weighted by Crippen LogP contribution is -2.16. The van der Waals surface area contributed by atoms with Crippen molar-refractivity contribution in [1.29, 1.82) is 0 Å². The number of nitrogens with one attached hydrogen (secondary N) is 3. The van der Waals surface area contributed by atoms with Crippen LogP contribution in [0, 0.1) is 5.92 Å². The molecule has 0 fully saturated rings. The van der Waals surface area contributed by atoms with Crippen LogP contribution >= 0.6 is 0 Å². The molecule has 0 amide bonds. The highest BCUT2D eigenvalue weighted by atomic mass is 14.8. The summed E-state index contributed by atoms with van der Waals surface area (Å²) in [7, 11) is 2.05. The van der Waals surface area contributed by atoms with E-state index in [1.807, 2.05) is 7.05 Å². The molecule has 0 aromatic rings. The molecule has 0 aliphatic carbocycles. The van der Waals surface area contributed by atoms with E-state index in [-0.39, 0.29) is 0 Å². The largest absolute Gasteiger partial charge is 0.320 e. The summed E-state index contributed by atoms with van der Waals surface area (Å²) < 4.78 is 0. The Balaban J connectivity index is 2.99. The van der Waals surface area contributed by atoms with Crippen molar-refractivity contribution in [2.24, 2.45) is 5.92 Å². The fraction of sp³-hybridized carbons (Fsp3) is 1.00. The van der Waals surface area contributed by atoms with Crippen molar-refractivity contribution in [3.05, 3.63) is 0 Å². The summed E-state index contributed by atoms with van der Waals surface area (Å²) in [5.74, 6) is 0.866. The molecule has 31 heavy (non-hydrogen) atoms. The van der Waals surface area contributed by atoms with Gasteiger partial charge >= 0.3 is 0 Å². The van der Waals surface area contributed by atoms with Gasteiger partial charge in [-0.15, -0.1) is 0 Å². The van der Waals surface area contributed by atoms with Crippen molar-refractivity contribution in [1.82, 2.24) is 16.0 Å². The summed E-state index contributed by atoms with van der Waals surface area (Å²) in [6.45, 7) is 10.7. The maximum absolute atomic E-state index is 3.64. The average Bonchev–Trinajstić information content (AvgIpc) is 2.76. The van der Waals surface area contributed by atoms with E-state index in [1.54, 1.807) is 0 Å². The third kappa shape index (κ3) is 29.9. The van der Waals surface area contributed by atoms with Gasteiger partial charge in [-0.1, -0.05) is 104 Å². The van der Waals surface area contributed by atoms with Gasteiger partial charge in [-0.25, -0.2) is 0 Å². The zero-order valence-electron chi connectivity index (χ0n) is 22.0. The van der Waals surface area contributed by atoms with Crippen LogP contribution in [0.3, 0.4) is 0 Å². The lowest BCUT2D eigenvalue weighted by molar-refractivity contribution is 0.507. The lowest BCUT2D eigenvalue weighted by atomic mass is 10.1. The van der Waals surface area contributed by atoms with Crippen LogP contribution in [-0.2, 0) is 0 Å². The second-order valence-electron chi connectivity index (χ2n) is 10.2. The van der Waals surface area contributed by atoms with Crippen LogP contribution in [0.25, 0.3) is 0 Å². The highest BCUT2D eigenvalue weighted by Gasteiger charge is 1.96. The Morgan fingerprint density at radius 2 is 0.677 bits per heavy atom. The minimum absolute atomic E-state index is 0.866. The van der Waals surface area contributed by atoms with E-state index >= 15 is 0 Å². The lowest BCUT2D eigenvalue weighted by Gasteiger charge is -2.07. The van der Waals surface area contributed by atoms with Crippen molar-refractivity contribution in [3.63, 3.8) is 0 Å². The zero-order chi connectivity index (χ0) is 22.7. The molecule has 3 N–H and O–H groups in total. The molecule has 0 aromatic heterocycles. The van der Waals surface area contributed by atoms with Crippen LogP contribution in [0.2, 0.25) is 0 Å². The molecular formula is C28H61N3. The van der Waals surface area contributed by atoms with E-state index in [9.17, 15) is 0 Å². The molecule has 0 saturated carbocycles. The van der Waals surface area contributed by atoms with Gasteiger partial charge in [0, 0.05) is 0 Å². The summed E-state index contributed by atoms with van der Waals surface area (Å²) in [5.41, 5.74) is 0. The Kier molecular flexibility index (Phi) is 27.8. The molecule has 0 heterocycles. The molecule has 0 aliphatic heterocycles. The number of unbranched alkanes of at least 4 members (excludes halogenated alkanes) is 15. The topological polar surface area (TPSA) is 36.1 Å². The molecule has 188 valence electrons. The molecule has 3 nitrogen and oxygen atoms in total. The SMILES string of the molecule is CNCCCCCCCCNCCCCCCCCCCCCNCCCCC(C)C. The van der Waals surface area contributed by atoms with E-state index in [2.05, 4.69) is 29.8 Å². The molecule has 0 spiro atoms. The molecular weight excluding hydrogens is 378 g/mol. The highest BCUT2D eigenvalue weighted by molar-refractivity contribution is 4.54. The Morgan fingerprint density at radius 3 is 1.00 bits per heavy atom. The van der Waals surface area contributed by atoms with E-state index < -0.39 is 0 Å². The van der Waals surface area contributed by atoms with Crippen molar-refractivity contribution < 1.29 is 0 Å². The van der Waals surface area contributed by atoms with E-state index in [0.717, 1.165) is 5.92 Å². The van der Waals surface area contributed by atoms with Gasteiger partial charge in [0.1, 0.15) is 0 Å². The Bertz CT molecular complexity index is 307. The minimum atomic E-state index is 0.866. The van der Waals surface area contributed by atoms with Gasteiger partial charge in [-0.05, 0) is 77.8 Å². The monoisotopic (exact) mass is 439 g/mol. The predicted octanol–water partition coefficient (Wildman–Crippen LogP) is 7.45. The van der Waals surface area contributed by atoms with Crippen LogP contribution in [0.5, 0.6) is 0 Å². The first kappa shape index (κ1) is 30.9. The molecule has 0 saturated heterocycles. The van der Waals surface area contributed by atoms with Crippen LogP contribution in [0.15, 0.2) is 0 Å². The standard InChI is InChI=1S/C28H61N3/c1-28(2)22-16-21-27-31-26-19-14-9-7-5-4-6-8-13-18-24-30-25-20-15-11-10-12-17-23-29-3/h28-31H,4-27H2,1-3H3. The number of hydrogen-bond acceptors (Lipinski definition) is 3. The highest BCUT2D eigenvalue weighted by Crippen LogP contribution is 2.10. The van der Waals surface area contributed by atoms with Gasteiger partial charge in [0.15, 0.2) is 0 Å². The van der Waals surface area contributed by atoms with Crippen LogP contribution in [0.4, 0.5) is 0 Å². The second kappa shape index (κ2) is 27.9. The molecule has 0 atom stereocenters. The van der Waals surface area contributed by atoms with Gasteiger partial charge in [-0.3, -0.25) is 0 Å². The molecule has 0 rings (SSSR count). The Hall–Kier alpha value is -0.120. The zero-order valence-corrected chi connectivity index (χ0v) is 22.0. The third-order valence-electron chi connectivity index (χ3n) is 6.37. The van der Waals surface area contributed by atoms with Gasteiger partial charge in [0.05, 0.1) is 0 Å². The first-order valence-corrected chi connectivity index (χ1v) is 14.3. The van der Waals surface area contributed by atoms with E-state index in [0.29, 0.717) is 0 Å². The van der Waals surface area contributed by atoms with E-state index in [4.69, 9.17) is 0 Å². The van der Waals surface area contributed by atoms with Crippen LogP contribution < -0.4 is 16.0 Å². The minimum Gasteiger partial charge on any atom is -0.320 e. The smallest absolute Gasteiger partial charge is 0.00489 e. The average molecular weight is 440 g/mol. The Morgan fingerprint density at radius 1 is 0.387 bits per heavy atom. The fourth-order valence-corrected chi connectivity index (χ4v) is 4.23. The van der Waals surface area contributed by atoms with Crippen molar-refractivity contribution in [2.75, 3.05) is 39.8 Å². The van der Waals surface area contributed by atoms with Gasteiger partial charge < -0.3 is 16.0 Å². The van der Waals surface area contributed by atoms with Crippen molar-refractivity contribution >= 4 is 0 Å². The summed E-state index contributed by atoms with van der Waals surface area (Å²) in [5, 5.41) is 10.5. The Labute approximate surface area is 197 Å². The summed E-state index contributed by atoms with van der Waals surface area (Å²) >= 11 is 0. The normalized spacial score (nSPS) is 11.6. The maximum Gasteiger partial charge on any atom is -0.00489 e. The molecule has 3 heteroatoms. The van der Waals surface area contributed by atoms with Crippen LogP contribution in [-0.4, -0.2) is 39.8 Å².